The number of carbonyl (C=O) groups excluding carboxylic acids is 2. The number of morpholine rings is 1. The highest BCUT2D eigenvalue weighted by atomic mass is 32.1. The molecule has 2 unspecified atom stereocenters. The van der Waals surface area contributed by atoms with Crippen molar-refractivity contribution in [2.45, 2.75) is 122 Å². The number of carbonyl (C=O) groups is 2. The van der Waals surface area contributed by atoms with Crippen LogP contribution < -0.4 is 5.43 Å². The highest BCUT2D eigenvalue weighted by Crippen LogP contribution is 2.58. The van der Waals surface area contributed by atoms with Gasteiger partial charge in [-0.2, -0.15) is 0 Å². The highest BCUT2D eigenvalue weighted by molar-refractivity contribution is 7.10. The van der Waals surface area contributed by atoms with E-state index in [0.717, 1.165) is 68.1 Å². The van der Waals surface area contributed by atoms with Crippen molar-refractivity contribution in [3.63, 3.8) is 0 Å². The third-order valence-electron chi connectivity index (χ3n) is 14.9. The molecule has 64 heavy (non-hydrogen) atoms. The molecule has 1 aromatic carbocycles. The molecule has 3 saturated heterocycles. The van der Waals surface area contributed by atoms with Crippen LogP contribution >= 0.6 is 11.3 Å². The largest absolute Gasteiger partial charge is 0.464 e. The van der Waals surface area contributed by atoms with E-state index in [4.69, 9.17) is 30.8 Å². The minimum absolute atomic E-state index is 0.00306. The van der Waals surface area contributed by atoms with Crippen LogP contribution in [0.5, 0.6) is 0 Å². The monoisotopic (exact) mass is 903 g/mol. The Balaban J connectivity index is 1.15. The Kier molecular flexibility index (Phi) is 12.0. The first-order chi connectivity index (χ1) is 30.6. The molecule has 14 heteroatoms. The van der Waals surface area contributed by atoms with E-state index in [9.17, 15) is 4.79 Å². The maximum Gasteiger partial charge on any atom is 0.324 e. The summed E-state index contributed by atoms with van der Waals surface area (Å²) >= 11 is 1.62. The van der Waals surface area contributed by atoms with Crippen molar-refractivity contribution < 1.29 is 23.8 Å². The van der Waals surface area contributed by atoms with E-state index >= 15 is 4.79 Å². The van der Waals surface area contributed by atoms with Gasteiger partial charge in [0.05, 0.1) is 71.3 Å². The van der Waals surface area contributed by atoms with E-state index in [-0.39, 0.29) is 60.1 Å². The molecule has 9 rings (SSSR count). The standard InChI is InChI=1S/C50H65N7O5SSi/c1-12-55-38-18-17-33-21-35(38)40-41(45(60-11)42-34(44(40)55)15-13-19-51-42)49(8,9)26-62-47(58)36-16-14-20-56(53-36)48(59)50(22-39-52-37(33)25-63-39)27-64-46(50)31(6)43(28(2)3)54(10)32(7)57-29(4)23-61-24-30(57)5/h13,15,17-19,21,25,28-30,36,41,43,45-46,53H,6-7,12,14,16,20,22-24,26-27H2,1-5,8-11H3/t29-,30+,36-,41?,43-,45-,46?,50-/m0/s1. The van der Waals surface area contributed by atoms with Gasteiger partial charge < -0.3 is 28.6 Å². The van der Waals surface area contributed by atoms with Crippen LogP contribution in [0, 0.1) is 16.7 Å². The van der Waals surface area contributed by atoms with Gasteiger partial charge in [-0.25, -0.2) is 10.4 Å². The van der Waals surface area contributed by atoms with Crippen molar-refractivity contribution in [1.82, 2.24) is 34.8 Å². The molecule has 12 nitrogen and oxygen atoms in total. The van der Waals surface area contributed by atoms with Gasteiger partial charge in [0.2, 0.25) is 5.91 Å². The van der Waals surface area contributed by atoms with Crippen molar-refractivity contribution in [3.8, 4) is 22.5 Å². The van der Waals surface area contributed by atoms with Gasteiger partial charge in [-0.15, -0.1) is 11.3 Å². The third kappa shape index (κ3) is 7.26. The van der Waals surface area contributed by atoms with Crippen molar-refractivity contribution in [2.24, 2.45) is 16.7 Å². The number of nitrogens with one attached hydrogen (secondary N) is 1. The second-order valence-electron chi connectivity index (χ2n) is 19.9. The number of hydrogen-bond donors (Lipinski definition) is 1. The summed E-state index contributed by atoms with van der Waals surface area (Å²) in [5.74, 6) is 0.595. The number of ether oxygens (including phenoxy) is 3. The van der Waals surface area contributed by atoms with Crippen molar-refractivity contribution in [3.05, 3.63) is 82.7 Å². The van der Waals surface area contributed by atoms with E-state index in [0.29, 0.717) is 48.5 Å². The number of amides is 1. The summed E-state index contributed by atoms with van der Waals surface area (Å²) in [6.45, 7) is 27.6. The molecule has 4 aliphatic heterocycles. The molecule has 3 aromatic heterocycles. The van der Waals surface area contributed by atoms with Gasteiger partial charge in [0, 0.05) is 88.1 Å². The van der Waals surface area contributed by atoms with Crippen LogP contribution in [0.25, 0.3) is 33.4 Å². The second kappa shape index (κ2) is 17.1. The number of fused-ring (bicyclic) bond motifs is 8. The number of hydrogen-bond acceptors (Lipinski definition) is 11. The predicted octanol–water partition coefficient (Wildman–Crippen LogP) is 8.26. The molecular formula is C50H65N7O5SSi. The first kappa shape index (κ1) is 44.8. The Morgan fingerprint density at radius 2 is 1.92 bits per heavy atom. The number of esters is 1. The number of cyclic esters (lactones) is 1. The summed E-state index contributed by atoms with van der Waals surface area (Å²) in [4.78, 5) is 44.7. The Morgan fingerprint density at radius 3 is 2.61 bits per heavy atom. The zero-order valence-corrected chi connectivity index (χ0v) is 40.9. The maximum absolute atomic E-state index is 15.5. The molecule has 1 spiro atoms. The predicted molar refractivity (Wildman–Crippen MR) is 254 cm³/mol. The summed E-state index contributed by atoms with van der Waals surface area (Å²) in [5, 5.41) is 5.93. The fourth-order valence-corrected chi connectivity index (χ4v) is 14.6. The Morgan fingerprint density at radius 1 is 1.16 bits per heavy atom. The number of aromatic nitrogens is 3. The lowest BCUT2D eigenvalue weighted by atomic mass is 9.67. The number of methoxy groups -OCH3 is 1. The number of nitrogens with zero attached hydrogens (tertiary/aromatic N) is 6. The average molecular weight is 904 g/mol. The molecule has 2 radical (unpaired) electrons. The minimum atomic E-state index is -0.795. The number of rotatable bonds is 8. The first-order valence-corrected chi connectivity index (χ1v) is 25.3. The highest BCUT2D eigenvalue weighted by Gasteiger charge is 2.58. The van der Waals surface area contributed by atoms with Crippen LogP contribution in [-0.4, -0.2) is 115 Å². The molecule has 4 aromatic rings. The molecule has 7 heterocycles. The average Bonchev–Trinajstić information content (AvgIpc) is 3.88. The van der Waals surface area contributed by atoms with E-state index in [1.165, 1.54) is 5.56 Å². The number of aryl methyl sites for hydroxylation is 1. The molecule has 1 amide bonds. The van der Waals surface area contributed by atoms with Crippen LogP contribution in [0.3, 0.4) is 0 Å². The fourth-order valence-electron chi connectivity index (χ4n) is 11.8. The molecule has 3 fully saturated rings. The van der Waals surface area contributed by atoms with E-state index in [2.05, 4.69) is 112 Å². The fraction of sp³-hybridized carbons (Fsp3) is 0.560. The number of pyridine rings is 1. The normalized spacial score (nSPS) is 28.3. The number of benzene rings is 1. The Hall–Kier alpha value is -4.34. The zero-order chi connectivity index (χ0) is 45.4. The number of hydrazine groups is 1. The molecular weight excluding hydrogens is 839 g/mol. The summed E-state index contributed by atoms with van der Waals surface area (Å²) in [6.07, 6.45) is 3.18. The minimum Gasteiger partial charge on any atom is -0.464 e. The Labute approximate surface area is 385 Å². The summed E-state index contributed by atoms with van der Waals surface area (Å²) in [6, 6.07) is 11.2. The van der Waals surface area contributed by atoms with Crippen molar-refractivity contribution >= 4 is 43.6 Å². The van der Waals surface area contributed by atoms with Gasteiger partial charge in [0.25, 0.3) is 0 Å². The van der Waals surface area contributed by atoms with Gasteiger partial charge in [-0.05, 0) is 80.9 Å². The Bertz CT molecular complexity index is 2470. The van der Waals surface area contributed by atoms with Crippen LogP contribution in [0.15, 0.2) is 66.5 Å². The molecule has 5 aliphatic rings. The summed E-state index contributed by atoms with van der Waals surface area (Å²) in [5.41, 5.74) is 10.3. The molecule has 8 atom stereocenters. The van der Waals surface area contributed by atoms with Crippen molar-refractivity contribution in [1.29, 1.82) is 0 Å². The van der Waals surface area contributed by atoms with Crippen LogP contribution in [-0.2, 0) is 36.8 Å². The molecule has 6 bridgehead atoms. The lowest BCUT2D eigenvalue weighted by Crippen LogP contribution is -2.63. The van der Waals surface area contributed by atoms with E-state index in [1.807, 2.05) is 12.3 Å². The molecule has 1 aliphatic carbocycles. The third-order valence-corrected chi connectivity index (χ3v) is 17.9. The number of thiazole rings is 1. The topological polar surface area (TPSA) is 114 Å². The van der Waals surface area contributed by atoms with Crippen LogP contribution in [0.2, 0.25) is 11.6 Å². The summed E-state index contributed by atoms with van der Waals surface area (Å²) in [7, 11) is 4.40. The van der Waals surface area contributed by atoms with E-state index in [1.54, 1.807) is 23.5 Å². The lowest BCUT2D eigenvalue weighted by Gasteiger charge is -2.54. The van der Waals surface area contributed by atoms with E-state index < -0.39 is 16.9 Å². The smallest absolute Gasteiger partial charge is 0.324 e. The molecule has 340 valence electrons. The molecule has 1 N–H and O–H groups in total. The van der Waals surface area contributed by atoms with Crippen LogP contribution in [0.1, 0.15) is 89.6 Å². The van der Waals surface area contributed by atoms with Gasteiger partial charge in [0.15, 0.2) is 0 Å². The molecule has 0 saturated carbocycles. The quantitative estimate of drug-likeness (QED) is 0.105. The van der Waals surface area contributed by atoms with Gasteiger partial charge in [-0.1, -0.05) is 52.5 Å². The van der Waals surface area contributed by atoms with Gasteiger partial charge in [0.1, 0.15) is 12.1 Å². The second-order valence-corrected chi connectivity index (χ2v) is 22.2. The lowest BCUT2D eigenvalue weighted by molar-refractivity contribution is -0.158. The van der Waals surface area contributed by atoms with Crippen LogP contribution in [0.4, 0.5) is 0 Å². The first-order valence-electron chi connectivity index (χ1n) is 23.2. The number of likely N-dealkylation sites (N-methyl/N-ethyl adjacent to an activating group) is 1. The maximum atomic E-state index is 15.5. The zero-order valence-electron chi connectivity index (χ0n) is 39.1. The summed E-state index contributed by atoms with van der Waals surface area (Å²) < 4.78 is 21.0. The van der Waals surface area contributed by atoms with Gasteiger partial charge >= 0.3 is 5.97 Å². The SMILES string of the molecule is C=C(C1[Si]C[C@@]12Cc1nc(cs1)-c1ccc3c(c1)c1c(n3CC)-c3cccnc3[C@@H](OC)C1C(C)(C)COC(=O)[C@@H]1CCCN(N1)C2=O)[C@H](C(C)C)N(C)C(=C)N1[C@H](C)COC[C@@H]1C. The van der Waals surface area contributed by atoms with Crippen molar-refractivity contribution in [2.75, 3.05) is 40.5 Å². The van der Waals surface area contributed by atoms with Gasteiger partial charge in [-0.3, -0.25) is 19.6 Å².